The molecular weight excluding hydrogens is 284 g/mol. The predicted octanol–water partition coefficient (Wildman–Crippen LogP) is 2.76. The van der Waals surface area contributed by atoms with E-state index in [1.807, 2.05) is 37.3 Å². The molecule has 0 radical (unpaired) electrons. The Morgan fingerprint density at radius 1 is 1.10 bits per heavy atom. The van der Waals surface area contributed by atoms with Crippen molar-refractivity contribution in [1.82, 2.24) is 4.31 Å². The molecule has 0 fully saturated rings. The molecule has 0 spiro atoms. The lowest BCUT2D eigenvalue weighted by Crippen LogP contribution is -2.34. The lowest BCUT2D eigenvalue weighted by Gasteiger charge is -2.25. The molecule has 0 unspecified atom stereocenters. The Balaban J connectivity index is 2.14. The smallest absolute Gasteiger partial charge is 0.243 e. The molecule has 110 valence electrons. The molecule has 0 saturated heterocycles. The molecule has 21 heavy (non-hydrogen) atoms. The van der Waals surface area contributed by atoms with Gasteiger partial charge in [0.1, 0.15) is 0 Å². The molecular formula is C16H18N2O2S. The Bertz CT molecular complexity index is 825. The minimum atomic E-state index is -3.50. The Morgan fingerprint density at radius 3 is 2.48 bits per heavy atom. The highest BCUT2D eigenvalue weighted by atomic mass is 32.2. The molecule has 2 N–H and O–H groups in total. The topological polar surface area (TPSA) is 63.4 Å². The Kier molecular flexibility index (Phi) is 3.47. The molecule has 0 atom stereocenters. The highest BCUT2D eigenvalue weighted by molar-refractivity contribution is 7.89. The van der Waals surface area contributed by atoms with Crippen LogP contribution in [0.2, 0.25) is 0 Å². The standard InChI is InChI=1S/C16H18N2O2S/c1-12-8-10-18(11-9-12)21(19,20)16-7-6-15(17)13-4-2-3-5-14(13)16/h2-8H,9-11,17H2,1H3. The van der Waals surface area contributed by atoms with Gasteiger partial charge in [-0.15, -0.1) is 0 Å². The van der Waals surface area contributed by atoms with Crippen molar-refractivity contribution < 1.29 is 8.42 Å². The first kappa shape index (κ1) is 14.1. The minimum absolute atomic E-state index is 0.334. The van der Waals surface area contributed by atoms with E-state index in [2.05, 4.69) is 0 Å². The van der Waals surface area contributed by atoms with Crippen LogP contribution in [0.3, 0.4) is 0 Å². The first-order valence-corrected chi connectivity index (χ1v) is 8.37. The maximum absolute atomic E-state index is 12.9. The number of nitrogens with zero attached hydrogens (tertiary/aromatic N) is 1. The van der Waals surface area contributed by atoms with Crippen LogP contribution in [0.4, 0.5) is 5.69 Å². The van der Waals surface area contributed by atoms with Crippen molar-refractivity contribution in [2.24, 2.45) is 0 Å². The van der Waals surface area contributed by atoms with Crippen LogP contribution >= 0.6 is 0 Å². The predicted molar refractivity (Wildman–Crippen MR) is 85.5 cm³/mol. The molecule has 1 aliphatic rings. The van der Waals surface area contributed by atoms with E-state index in [0.717, 1.165) is 11.8 Å². The number of nitrogen functional groups attached to an aromatic ring is 1. The summed E-state index contributed by atoms with van der Waals surface area (Å²) in [6.07, 6.45) is 2.76. The largest absolute Gasteiger partial charge is 0.398 e. The number of nitrogens with two attached hydrogens (primary N) is 1. The van der Waals surface area contributed by atoms with E-state index in [1.165, 1.54) is 9.88 Å². The number of fused-ring (bicyclic) bond motifs is 1. The summed E-state index contributed by atoms with van der Waals surface area (Å²) in [6.45, 7) is 3.00. The van der Waals surface area contributed by atoms with Crippen LogP contribution < -0.4 is 5.73 Å². The van der Waals surface area contributed by atoms with Crippen molar-refractivity contribution in [1.29, 1.82) is 0 Å². The molecule has 5 heteroatoms. The molecule has 4 nitrogen and oxygen atoms in total. The van der Waals surface area contributed by atoms with Crippen molar-refractivity contribution in [2.45, 2.75) is 18.2 Å². The number of benzene rings is 2. The van der Waals surface area contributed by atoms with Gasteiger partial charge in [-0.1, -0.05) is 35.9 Å². The maximum Gasteiger partial charge on any atom is 0.243 e. The first-order valence-electron chi connectivity index (χ1n) is 6.93. The molecule has 1 aliphatic heterocycles. The molecule has 0 aliphatic carbocycles. The van der Waals surface area contributed by atoms with Gasteiger partial charge in [-0.05, 0) is 25.5 Å². The zero-order valence-corrected chi connectivity index (χ0v) is 12.7. The zero-order valence-electron chi connectivity index (χ0n) is 11.9. The highest BCUT2D eigenvalue weighted by Crippen LogP contribution is 2.30. The first-order chi connectivity index (χ1) is 10.00. The van der Waals surface area contributed by atoms with Crippen LogP contribution in [0.5, 0.6) is 0 Å². The molecule has 0 amide bonds. The van der Waals surface area contributed by atoms with Gasteiger partial charge >= 0.3 is 0 Å². The van der Waals surface area contributed by atoms with E-state index in [4.69, 9.17) is 5.73 Å². The SMILES string of the molecule is CC1=CCN(S(=O)(=O)c2ccc(N)c3ccccc23)CC1. The fourth-order valence-electron chi connectivity index (χ4n) is 2.63. The van der Waals surface area contributed by atoms with Gasteiger partial charge in [0.05, 0.1) is 4.90 Å². The van der Waals surface area contributed by atoms with Gasteiger partial charge in [-0.3, -0.25) is 0 Å². The fraction of sp³-hybridized carbons (Fsp3) is 0.250. The summed E-state index contributed by atoms with van der Waals surface area (Å²) in [5, 5.41) is 1.46. The van der Waals surface area contributed by atoms with Gasteiger partial charge in [-0.2, -0.15) is 4.31 Å². The van der Waals surface area contributed by atoms with Crippen molar-refractivity contribution in [3.8, 4) is 0 Å². The summed E-state index contributed by atoms with van der Waals surface area (Å²) in [5.74, 6) is 0. The van der Waals surface area contributed by atoms with E-state index in [-0.39, 0.29) is 0 Å². The van der Waals surface area contributed by atoms with Crippen molar-refractivity contribution >= 4 is 26.5 Å². The number of anilines is 1. The van der Waals surface area contributed by atoms with Gasteiger partial charge in [-0.25, -0.2) is 8.42 Å². The molecule has 1 heterocycles. The quantitative estimate of drug-likeness (QED) is 0.685. The van der Waals surface area contributed by atoms with Crippen LogP contribution in [0, 0.1) is 0 Å². The number of hydrogen-bond donors (Lipinski definition) is 1. The summed E-state index contributed by atoms with van der Waals surface area (Å²) in [7, 11) is -3.50. The molecule has 2 aromatic carbocycles. The third-order valence-electron chi connectivity index (χ3n) is 3.93. The molecule has 0 bridgehead atoms. The summed E-state index contributed by atoms with van der Waals surface area (Å²) < 4.78 is 27.3. The molecule has 3 rings (SSSR count). The van der Waals surface area contributed by atoms with E-state index < -0.39 is 10.0 Å². The van der Waals surface area contributed by atoms with Gasteiger partial charge in [0.2, 0.25) is 10.0 Å². The summed E-state index contributed by atoms with van der Waals surface area (Å²) in [4.78, 5) is 0.334. The molecule has 2 aromatic rings. The summed E-state index contributed by atoms with van der Waals surface area (Å²) in [5.41, 5.74) is 7.78. The van der Waals surface area contributed by atoms with Crippen LogP contribution in [0.25, 0.3) is 10.8 Å². The molecule has 0 saturated carbocycles. The van der Waals surface area contributed by atoms with E-state index >= 15 is 0 Å². The summed E-state index contributed by atoms with van der Waals surface area (Å²) >= 11 is 0. The minimum Gasteiger partial charge on any atom is -0.398 e. The zero-order chi connectivity index (χ0) is 15.0. The lowest BCUT2D eigenvalue weighted by molar-refractivity contribution is 0.432. The number of sulfonamides is 1. The molecule has 0 aromatic heterocycles. The lowest BCUT2D eigenvalue weighted by atomic mass is 10.1. The number of hydrogen-bond acceptors (Lipinski definition) is 3. The Labute approximate surface area is 124 Å². The van der Waals surface area contributed by atoms with Crippen molar-refractivity contribution in [2.75, 3.05) is 18.8 Å². The third-order valence-corrected chi connectivity index (χ3v) is 5.86. The maximum atomic E-state index is 12.9. The third kappa shape index (κ3) is 2.43. The van der Waals surface area contributed by atoms with E-state index in [9.17, 15) is 8.42 Å². The van der Waals surface area contributed by atoms with Crippen LogP contribution in [-0.2, 0) is 10.0 Å². The average Bonchev–Trinajstić information content (AvgIpc) is 2.48. The second-order valence-corrected chi connectivity index (χ2v) is 7.27. The Hall–Kier alpha value is -1.85. The van der Waals surface area contributed by atoms with Crippen LogP contribution in [0.1, 0.15) is 13.3 Å². The average molecular weight is 302 g/mol. The van der Waals surface area contributed by atoms with Gasteiger partial charge in [0.25, 0.3) is 0 Å². The van der Waals surface area contributed by atoms with Crippen molar-refractivity contribution in [3.05, 3.63) is 48.0 Å². The van der Waals surface area contributed by atoms with Gasteiger partial charge in [0, 0.05) is 29.5 Å². The van der Waals surface area contributed by atoms with E-state index in [0.29, 0.717) is 29.1 Å². The number of rotatable bonds is 2. The highest BCUT2D eigenvalue weighted by Gasteiger charge is 2.27. The second-order valence-electron chi connectivity index (χ2n) is 5.36. The van der Waals surface area contributed by atoms with Gasteiger partial charge in [0.15, 0.2) is 0 Å². The summed E-state index contributed by atoms with van der Waals surface area (Å²) in [6, 6.07) is 10.6. The normalized spacial score (nSPS) is 16.9. The monoisotopic (exact) mass is 302 g/mol. The van der Waals surface area contributed by atoms with E-state index in [1.54, 1.807) is 12.1 Å². The van der Waals surface area contributed by atoms with Crippen LogP contribution in [0.15, 0.2) is 52.9 Å². The van der Waals surface area contributed by atoms with Crippen molar-refractivity contribution in [3.63, 3.8) is 0 Å². The fourth-order valence-corrected chi connectivity index (χ4v) is 4.21. The van der Waals surface area contributed by atoms with Crippen LogP contribution in [-0.4, -0.2) is 25.8 Å². The van der Waals surface area contributed by atoms with Gasteiger partial charge < -0.3 is 5.73 Å². The Morgan fingerprint density at radius 2 is 1.81 bits per heavy atom. The second kappa shape index (κ2) is 5.16.